The molecule has 1 aromatic carbocycles. The van der Waals surface area contributed by atoms with Crippen LogP contribution in [0.15, 0.2) is 30.3 Å². The molecule has 2 heterocycles. The van der Waals surface area contributed by atoms with Gasteiger partial charge in [-0.15, -0.1) is 0 Å². The fourth-order valence-electron chi connectivity index (χ4n) is 5.21. The average molecular weight is 424 g/mol. The van der Waals surface area contributed by atoms with Gasteiger partial charge in [-0.1, -0.05) is 30.3 Å². The van der Waals surface area contributed by atoms with Crippen LogP contribution in [-0.2, 0) is 16.0 Å². The molecule has 0 unspecified atom stereocenters. The van der Waals surface area contributed by atoms with E-state index in [-0.39, 0.29) is 18.4 Å². The highest BCUT2D eigenvalue weighted by Gasteiger charge is 2.44. The number of nitrogens with one attached hydrogen (secondary N) is 1. The highest BCUT2D eigenvalue weighted by molar-refractivity contribution is 5.78. The van der Waals surface area contributed by atoms with Gasteiger partial charge in [0.1, 0.15) is 5.82 Å². The zero-order valence-electron chi connectivity index (χ0n) is 18.5. The van der Waals surface area contributed by atoms with Crippen molar-refractivity contribution >= 4 is 5.91 Å². The molecule has 7 heteroatoms. The van der Waals surface area contributed by atoms with Gasteiger partial charge in [-0.05, 0) is 57.5 Å². The van der Waals surface area contributed by atoms with E-state index in [1.807, 2.05) is 35.2 Å². The lowest BCUT2D eigenvalue weighted by Gasteiger charge is -2.41. The summed E-state index contributed by atoms with van der Waals surface area (Å²) in [5, 5.41) is 7.24. The molecule has 1 aliphatic heterocycles. The number of carbonyl (C=O) groups is 1. The lowest BCUT2D eigenvalue weighted by Crippen LogP contribution is -2.48. The number of rotatable bonds is 7. The van der Waals surface area contributed by atoms with Crippen LogP contribution < -0.4 is 0 Å². The Kier molecular flexibility index (Phi) is 5.80. The standard InChI is InChI=1S/C24H33N5O2/c1-28(2)20-10-18-13-29(14-19(18)11-21(20)31-15-16-8-9-16)23(30)12-22-25-24(27-26-22)17-6-4-3-5-7-17/h3-7,16,18-21H,8-15H2,1-2H3,(H,25,26,27)/t18-,19+,20-,21-/m1/s1. The van der Waals surface area contributed by atoms with Crippen molar-refractivity contribution in [1.82, 2.24) is 25.0 Å². The highest BCUT2D eigenvalue weighted by atomic mass is 16.5. The average Bonchev–Trinajstić information content (AvgIpc) is 3.32. The zero-order valence-corrected chi connectivity index (χ0v) is 18.5. The maximum absolute atomic E-state index is 13.0. The van der Waals surface area contributed by atoms with E-state index < -0.39 is 0 Å². The molecule has 7 nitrogen and oxygen atoms in total. The van der Waals surface area contributed by atoms with E-state index in [9.17, 15) is 4.79 Å². The fraction of sp³-hybridized carbons (Fsp3) is 0.625. The van der Waals surface area contributed by atoms with Gasteiger partial charge in [0.05, 0.1) is 12.5 Å². The van der Waals surface area contributed by atoms with Crippen molar-refractivity contribution in [2.45, 2.75) is 44.2 Å². The Bertz CT molecular complexity index is 894. The predicted molar refractivity (Wildman–Crippen MR) is 118 cm³/mol. The molecule has 1 saturated heterocycles. The third kappa shape index (κ3) is 4.67. The molecule has 0 bridgehead atoms. The molecule has 0 radical (unpaired) electrons. The zero-order chi connectivity index (χ0) is 21.4. The molecule has 2 saturated carbocycles. The van der Waals surface area contributed by atoms with Crippen molar-refractivity contribution in [1.29, 1.82) is 0 Å². The number of fused-ring (bicyclic) bond motifs is 1. The Morgan fingerprint density at radius 2 is 1.90 bits per heavy atom. The molecule has 1 aromatic heterocycles. The van der Waals surface area contributed by atoms with Crippen molar-refractivity contribution in [3.8, 4) is 11.4 Å². The first-order valence-electron chi connectivity index (χ1n) is 11.6. The lowest BCUT2D eigenvalue weighted by atomic mass is 9.77. The molecule has 0 spiro atoms. The smallest absolute Gasteiger partial charge is 0.230 e. The van der Waals surface area contributed by atoms with E-state index in [0.717, 1.165) is 44.0 Å². The molecular weight excluding hydrogens is 390 g/mol. The number of aromatic amines is 1. The molecule has 5 rings (SSSR count). The SMILES string of the molecule is CN(C)[C@@H]1C[C@@H]2CN(C(=O)Cc3nc(-c4ccccc4)n[nH]3)C[C@@H]2C[C@H]1OCC1CC1. The van der Waals surface area contributed by atoms with E-state index in [2.05, 4.69) is 34.2 Å². The quantitative estimate of drug-likeness (QED) is 0.741. The van der Waals surface area contributed by atoms with Crippen LogP contribution in [0.1, 0.15) is 31.5 Å². The van der Waals surface area contributed by atoms with Gasteiger partial charge in [0, 0.05) is 31.3 Å². The molecule has 1 N–H and O–H groups in total. The van der Waals surface area contributed by atoms with Crippen molar-refractivity contribution < 1.29 is 9.53 Å². The second-order valence-corrected chi connectivity index (χ2v) is 9.78. The number of likely N-dealkylation sites (N-methyl/N-ethyl adjacent to an activating group) is 1. The summed E-state index contributed by atoms with van der Waals surface area (Å²) in [6.07, 6.45) is 5.37. The van der Waals surface area contributed by atoms with Crippen molar-refractivity contribution in [2.24, 2.45) is 17.8 Å². The number of benzene rings is 1. The van der Waals surface area contributed by atoms with Gasteiger partial charge in [-0.25, -0.2) is 4.98 Å². The highest BCUT2D eigenvalue weighted by Crippen LogP contribution is 2.40. The minimum absolute atomic E-state index is 0.141. The van der Waals surface area contributed by atoms with Crippen LogP contribution in [0.5, 0.6) is 0 Å². The minimum atomic E-state index is 0.141. The Morgan fingerprint density at radius 3 is 2.61 bits per heavy atom. The maximum atomic E-state index is 13.0. The number of amides is 1. The van der Waals surface area contributed by atoms with Crippen LogP contribution in [0.25, 0.3) is 11.4 Å². The second-order valence-electron chi connectivity index (χ2n) is 9.78. The Morgan fingerprint density at radius 1 is 1.16 bits per heavy atom. The van der Waals surface area contributed by atoms with Crippen molar-refractivity contribution in [2.75, 3.05) is 33.8 Å². The molecule has 3 aliphatic rings. The number of H-pyrrole nitrogens is 1. The number of hydrogen-bond acceptors (Lipinski definition) is 5. The number of likely N-dealkylation sites (tertiary alicyclic amines) is 1. The van der Waals surface area contributed by atoms with Crippen LogP contribution in [0.3, 0.4) is 0 Å². The third-order valence-corrected chi connectivity index (χ3v) is 7.23. The second kappa shape index (κ2) is 8.71. The maximum Gasteiger partial charge on any atom is 0.230 e. The van der Waals surface area contributed by atoms with E-state index in [1.54, 1.807) is 0 Å². The molecule has 4 atom stereocenters. The first-order chi connectivity index (χ1) is 15.1. The van der Waals surface area contributed by atoms with Crippen LogP contribution in [-0.4, -0.2) is 76.8 Å². The van der Waals surface area contributed by atoms with Gasteiger partial charge >= 0.3 is 0 Å². The summed E-state index contributed by atoms with van der Waals surface area (Å²) < 4.78 is 6.36. The van der Waals surface area contributed by atoms with E-state index in [0.29, 0.717) is 29.5 Å². The van der Waals surface area contributed by atoms with E-state index in [1.165, 1.54) is 12.8 Å². The first-order valence-corrected chi connectivity index (χ1v) is 11.6. The van der Waals surface area contributed by atoms with Crippen LogP contribution >= 0.6 is 0 Å². The van der Waals surface area contributed by atoms with Crippen LogP contribution in [0.4, 0.5) is 0 Å². The summed E-state index contributed by atoms with van der Waals surface area (Å²) in [5.74, 6) is 3.30. The molecular formula is C24H33N5O2. The fourth-order valence-corrected chi connectivity index (χ4v) is 5.21. The lowest BCUT2D eigenvalue weighted by molar-refractivity contribution is -0.129. The molecule has 3 fully saturated rings. The summed E-state index contributed by atoms with van der Waals surface area (Å²) in [6.45, 7) is 2.60. The Balaban J connectivity index is 1.19. The van der Waals surface area contributed by atoms with Crippen molar-refractivity contribution in [3.05, 3.63) is 36.2 Å². The van der Waals surface area contributed by atoms with Gasteiger partial charge in [-0.3, -0.25) is 9.89 Å². The number of ether oxygens (including phenoxy) is 1. The molecule has 166 valence electrons. The minimum Gasteiger partial charge on any atom is -0.376 e. The van der Waals surface area contributed by atoms with Gasteiger partial charge in [-0.2, -0.15) is 5.10 Å². The van der Waals surface area contributed by atoms with Gasteiger partial charge in [0.2, 0.25) is 5.91 Å². The van der Waals surface area contributed by atoms with Gasteiger partial charge < -0.3 is 14.5 Å². The first kappa shape index (κ1) is 20.6. The van der Waals surface area contributed by atoms with Gasteiger partial charge in [0.25, 0.3) is 0 Å². The van der Waals surface area contributed by atoms with Gasteiger partial charge in [0.15, 0.2) is 5.82 Å². The summed E-state index contributed by atoms with van der Waals surface area (Å²) in [7, 11) is 4.31. The van der Waals surface area contributed by atoms with Crippen LogP contribution in [0, 0.1) is 17.8 Å². The number of aromatic nitrogens is 3. The largest absolute Gasteiger partial charge is 0.376 e. The van der Waals surface area contributed by atoms with E-state index in [4.69, 9.17) is 4.74 Å². The molecule has 2 aliphatic carbocycles. The van der Waals surface area contributed by atoms with Crippen LogP contribution in [0.2, 0.25) is 0 Å². The normalized spacial score (nSPS) is 28.2. The number of nitrogens with zero attached hydrogens (tertiary/aromatic N) is 4. The molecule has 31 heavy (non-hydrogen) atoms. The molecule has 1 amide bonds. The summed E-state index contributed by atoms with van der Waals surface area (Å²) in [5.41, 5.74) is 0.955. The Labute approximate surface area is 184 Å². The third-order valence-electron chi connectivity index (χ3n) is 7.23. The predicted octanol–water partition coefficient (Wildman–Crippen LogP) is 2.61. The summed E-state index contributed by atoms with van der Waals surface area (Å²) in [6, 6.07) is 10.3. The summed E-state index contributed by atoms with van der Waals surface area (Å²) in [4.78, 5) is 21.9. The number of carbonyl (C=O) groups excluding carboxylic acids is 1. The summed E-state index contributed by atoms with van der Waals surface area (Å²) >= 11 is 0. The molecule has 2 aromatic rings. The topological polar surface area (TPSA) is 74.4 Å². The number of hydrogen-bond donors (Lipinski definition) is 1. The van der Waals surface area contributed by atoms with E-state index >= 15 is 0 Å². The monoisotopic (exact) mass is 423 g/mol. The Hall–Kier alpha value is -2.25. The van der Waals surface area contributed by atoms with Crippen molar-refractivity contribution in [3.63, 3.8) is 0 Å².